The highest BCUT2D eigenvalue weighted by atomic mass is 32.2. The first-order chi connectivity index (χ1) is 14.1. The zero-order valence-electron chi connectivity index (χ0n) is 16.1. The minimum atomic E-state index is -0.419. The second-order valence-corrected chi connectivity index (χ2v) is 8.32. The van der Waals surface area contributed by atoms with Gasteiger partial charge in [-0.2, -0.15) is 0 Å². The molecule has 2 amide bonds. The number of hydrogen-bond donors (Lipinski definition) is 2. The molecule has 2 atom stereocenters. The number of rotatable bonds is 5. The van der Waals surface area contributed by atoms with Crippen molar-refractivity contribution in [1.82, 2.24) is 5.32 Å². The maximum Gasteiger partial charge on any atom is 0.238 e. The number of fused-ring (bicyclic) bond motifs is 1. The summed E-state index contributed by atoms with van der Waals surface area (Å²) in [4.78, 5) is 25.8. The SMILES string of the molecule is C[C@@H](NC(=O)C[C@H]1Sc2ccccc2NC1=O)c1ccc(-c2ccccc2)cc1. The molecule has 1 aliphatic heterocycles. The zero-order valence-corrected chi connectivity index (χ0v) is 16.9. The zero-order chi connectivity index (χ0) is 20.2. The lowest BCUT2D eigenvalue weighted by Crippen LogP contribution is -2.35. The van der Waals surface area contributed by atoms with E-state index >= 15 is 0 Å². The molecule has 3 aromatic carbocycles. The molecule has 0 fully saturated rings. The Kier molecular flexibility index (Phi) is 5.67. The van der Waals surface area contributed by atoms with Gasteiger partial charge in [0.15, 0.2) is 0 Å². The average molecular weight is 403 g/mol. The maximum atomic E-state index is 12.5. The number of nitrogens with one attached hydrogen (secondary N) is 2. The molecule has 0 saturated carbocycles. The number of carbonyl (C=O) groups is 2. The van der Waals surface area contributed by atoms with Crippen LogP contribution in [0.4, 0.5) is 5.69 Å². The highest BCUT2D eigenvalue weighted by Gasteiger charge is 2.29. The van der Waals surface area contributed by atoms with Crippen molar-refractivity contribution < 1.29 is 9.59 Å². The number of amides is 2. The van der Waals surface area contributed by atoms with Gasteiger partial charge in [0.25, 0.3) is 0 Å². The van der Waals surface area contributed by atoms with Crippen LogP contribution in [0.2, 0.25) is 0 Å². The summed E-state index contributed by atoms with van der Waals surface area (Å²) in [5, 5.41) is 5.48. The summed E-state index contributed by atoms with van der Waals surface area (Å²) in [7, 11) is 0. The van der Waals surface area contributed by atoms with E-state index in [1.807, 2.05) is 61.5 Å². The molecule has 29 heavy (non-hydrogen) atoms. The normalized spacial score (nSPS) is 16.4. The fourth-order valence-corrected chi connectivity index (χ4v) is 4.48. The monoisotopic (exact) mass is 402 g/mol. The number of hydrogen-bond acceptors (Lipinski definition) is 3. The predicted molar refractivity (Wildman–Crippen MR) is 118 cm³/mol. The highest BCUT2D eigenvalue weighted by molar-refractivity contribution is 8.01. The van der Waals surface area contributed by atoms with Crippen LogP contribution in [0.5, 0.6) is 0 Å². The van der Waals surface area contributed by atoms with E-state index in [9.17, 15) is 9.59 Å². The van der Waals surface area contributed by atoms with Gasteiger partial charge in [0.05, 0.1) is 17.0 Å². The van der Waals surface area contributed by atoms with E-state index in [4.69, 9.17) is 0 Å². The van der Waals surface area contributed by atoms with Crippen molar-refractivity contribution in [3.8, 4) is 11.1 Å². The van der Waals surface area contributed by atoms with E-state index in [1.54, 1.807) is 0 Å². The summed E-state index contributed by atoms with van der Waals surface area (Å²) in [6.45, 7) is 1.96. The average Bonchev–Trinajstić information content (AvgIpc) is 2.75. The summed E-state index contributed by atoms with van der Waals surface area (Å²) in [5.41, 5.74) is 4.15. The molecule has 3 aromatic rings. The van der Waals surface area contributed by atoms with Gasteiger partial charge >= 0.3 is 0 Å². The minimum absolute atomic E-state index is 0.122. The Bertz CT molecular complexity index is 1020. The second-order valence-electron chi connectivity index (χ2n) is 7.07. The van der Waals surface area contributed by atoms with Crippen LogP contribution in [-0.2, 0) is 9.59 Å². The molecule has 0 bridgehead atoms. The summed E-state index contributed by atoms with van der Waals surface area (Å²) >= 11 is 1.44. The van der Waals surface area contributed by atoms with Crippen LogP contribution < -0.4 is 10.6 Å². The Hall–Kier alpha value is -3.05. The fraction of sp³-hybridized carbons (Fsp3) is 0.167. The molecular weight excluding hydrogens is 380 g/mol. The topological polar surface area (TPSA) is 58.2 Å². The van der Waals surface area contributed by atoms with Crippen molar-refractivity contribution in [2.24, 2.45) is 0 Å². The third kappa shape index (κ3) is 4.51. The summed E-state index contributed by atoms with van der Waals surface area (Å²) in [5.74, 6) is -0.250. The van der Waals surface area contributed by atoms with Gasteiger partial charge in [0.1, 0.15) is 0 Å². The summed E-state index contributed by atoms with van der Waals surface area (Å²) < 4.78 is 0. The number of anilines is 1. The molecule has 4 rings (SSSR count). The van der Waals surface area contributed by atoms with Gasteiger partial charge in [-0.3, -0.25) is 9.59 Å². The Morgan fingerprint density at radius 2 is 1.62 bits per heavy atom. The van der Waals surface area contributed by atoms with Gasteiger partial charge < -0.3 is 10.6 Å². The molecule has 0 unspecified atom stereocenters. The number of thioether (sulfide) groups is 1. The van der Waals surface area contributed by atoms with Crippen molar-refractivity contribution in [3.05, 3.63) is 84.4 Å². The van der Waals surface area contributed by atoms with Crippen LogP contribution in [0.3, 0.4) is 0 Å². The largest absolute Gasteiger partial charge is 0.350 e. The number of para-hydroxylation sites is 1. The first kappa shape index (κ1) is 19.3. The van der Waals surface area contributed by atoms with Crippen molar-refractivity contribution >= 4 is 29.3 Å². The van der Waals surface area contributed by atoms with Crippen molar-refractivity contribution in [2.75, 3.05) is 5.32 Å². The van der Waals surface area contributed by atoms with Gasteiger partial charge in [-0.25, -0.2) is 0 Å². The van der Waals surface area contributed by atoms with E-state index in [-0.39, 0.29) is 24.3 Å². The quantitative estimate of drug-likeness (QED) is 0.629. The van der Waals surface area contributed by atoms with E-state index in [0.717, 1.165) is 27.3 Å². The molecular formula is C24H22N2O2S. The molecule has 146 valence electrons. The van der Waals surface area contributed by atoms with Gasteiger partial charge in [0.2, 0.25) is 11.8 Å². The Morgan fingerprint density at radius 1 is 0.966 bits per heavy atom. The predicted octanol–water partition coefficient (Wildman–Crippen LogP) is 5.03. The van der Waals surface area contributed by atoms with Crippen molar-refractivity contribution in [3.63, 3.8) is 0 Å². The second kappa shape index (κ2) is 8.53. The highest BCUT2D eigenvalue weighted by Crippen LogP contribution is 2.36. The fourth-order valence-electron chi connectivity index (χ4n) is 3.37. The third-order valence-corrected chi connectivity index (χ3v) is 6.25. The summed E-state index contributed by atoms with van der Waals surface area (Å²) in [6, 6.07) is 25.9. The third-order valence-electron chi connectivity index (χ3n) is 4.97. The van der Waals surface area contributed by atoms with Gasteiger partial charge in [-0.1, -0.05) is 66.7 Å². The molecule has 0 aromatic heterocycles. The van der Waals surface area contributed by atoms with E-state index in [1.165, 1.54) is 11.8 Å². The lowest BCUT2D eigenvalue weighted by molar-refractivity contribution is -0.124. The van der Waals surface area contributed by atoms with Gasteiger partial charge in [-0.05, 0) is 35.7 Å². The molecule has 0 spiro atoms. The van der Waals surface area contributed by atoms with E-state index in [2.05, 4.69) is 34.9 Å². The number of benzene rings is 3. The van der Waals surface area contributed by atoms with E-state index < -0.39 is 5.25 Å². The Balaban J connectivity index is 1.37. The molecule has 2 N–H and O–H groups in total. The van der Waals surface area contributed by atoms with Crippen molar-refractivity contribution in [1.29, 1.82) is 0 Å². The first-order valence-electron chi connectivity index (χ1n) is 9.61. The van der Waals surface area contributed by atoms with E-state index in [0.29, 0.717) is 0 Å². The molecule has 1 heterocycles. The maximum absolute atomic E-state index is 12.5. The molecule has 5 heteroatoms. The first-order valence-corrected chi connectivity index (χ1v) is 10.5. The van der Waals surface area contributed by atoms with Gasteiger partial charge in [-0.15, -0.1) is 11.8 Å². The number of carbonyl (C=O) groups excluding carboxylic acids is 2. The van der Waals surface area contributed by atoms with Crippen molar-refractivity contribution in [2.45, 2.75) is 29.5 Å². The lowest BCUT2D eigenvalue weighted by atomic mass is 10.0. The van der Waals surface area contributed by atoms with Gasteiger partial charge in [0, 0.05) is 11.3 Å². The molecule has 0 aliphatic carbocycles. The molecule has 4 nitrogen and oxygen atoms in total. The Morgan fingerprint density at radius 3 is 2.38 bits per heavy atom. The van der Waals surface area contributed by atoms with Crippen LogP contribution in [0.1, 0.15) is 24.9 Å². The van der Waals surface area contributed by atoms with Crippen LogP contribution in [0.25, 0.3) is 11.1 Å². The molecule has 0 saturated heterocycles. The summed E-state index contributed by atoms with van der Waals surface area (Å²) in [6.07, 6.45) is 0.150. The van der Waals surface area contributed by atoms with Crippen LogP contribution in [0.15, 0.2) is 83.8 Å². The standard InChI is InChI=1S/C24H22N2O2S/c1-16(17-11-13-19(14-12-17)18-7-3-2-4-8-18)25-23(27)15-22-24(28)26-20-9-5-6-10-21(20)29-22/h2-14,16,22H,15H2,1H3,(H,25,27)(H,26,28)/t16-,22-/m1/s1. The smallest absolute Gasteiger partial charge is 0.238 e. The minimum Gasteiger partial charge on any atom is -0.350 e. The Labute approximate surface area is 174 Å². The lowest BCUT2D eigenvalue weighted by Gasteiger charge is -2.24. The molecule has 0 radical (unpaired) electrons. The van der Waals surface area contributed by atoms with Crippen LogP contribution in [0, 0.1) is 0 Å². The van der Waals surface area contributed by atoms with Crippen LogP contribution in [-0.4, -0.2) is 17.1 Å². The van der Waals surface area contributed by atoms with Crippen LogP contribution >= 0.6 is 11.8 Å². The molecule has 1 aliphatic rings.